The van der Waals surface area contributed by atoms with E-state index in [-0.39, 0.29) is 5.92 Å². The number of hydrogen-bond donors (Lipinski definition) is 0. The van der Waals surface area contributed by atoms with E-state index < -0.39 is 0 Å². The third-order valence-electron chi connectivity index (χ3n) is 0.911. The molecule has 0 heterocycles. The molecule has 9 heavy (non-hydrogen) atoms. The van der Waals surface area contributed by atoms with Crippen LogP contribution in [-0.2, 0) is 0 Å². The summed E-state index contributed by atoms with van der Waals surface area (Å²) in [5, 5.41) is 8.31. The Kier molecular flexibility index (Phi) is 4.81. The van der Waals surface area contributed by atoms with E-state index in [9.17, 15) is 0 Å². The fourth-order valence-corrected chi connectivity index (χ4v) is 0.403. The Bertz CT molecular complexity index is 121. The summed E-state index contributed by atoms with van der Waals surface area (Å²) in [6.07, 6.45) is 2.80. The summed E-state index contributed by atoms with van der Waals surface area (Å²) >= 11 is 0. The molecule has 0 bridgehead atoms. The first-order valence-electron chi connectivity index (χ1n) is 3.19. The van der Waals surface area contributed by atoms with E-state index in [4.69, 9.17) is 5.26 Å². The van der Waals surface area contributed by atoms with Crippen molar-refractivity contribution in [2.24, 2.45) is 10.9 Å². The van der Waals surface area contributed by atoms with Crippen molar-refractivity contribution >= 4 is 6.21 Å². The minimum atomic E-state index is 0.0628. The molecule has 0 fully saturated rings. The molecule has 0 aliphatic carbocycles. The van der Waals surface area contributed by atoms with Crippen molar-refractivity contribution in [1.82, 2.24) is 0 Å². The number of rotatable bonds is 3. The van der Waals surface area contributed by atoms with Gasteiger partial charge in [0.1, 0.15) is 0 Å². The zero-order valence-corrected chi connectivity index (χ0v) is 5.96. The first-order chi connectivity index (χ1) is 4.31. The van der Waals surface area contributed by atoms with E-state index in [1.807, 2.05) is 20.1 Å². The van der Waals surface area contributed by atoms with Crippen LogP contribution >= 0.6 is 0 Å². The van der Waals surface area contributed by atoms with Crippen LogP contribution < -0.4 is 0 Å². The first-order valence-corrected chi connectivity index (χ1v) is 3.19. The molecule has 0 aliphatic rings. The van der Waals surface area contributed by atoms with Crippen molar-refractivity contribution in [3.63, 3.8) is 0 Å². The Morgan fingerprint density at radius 3 is 2.89 bits per heavy atom. The Morgan fingerprint density at radius 2 is 2.44 bits per heavy atom. The van der Waals surface area contributed by atoms with Gasteiger partial charge < -0.3 is 0 Å². The Morgan fingerprint density at radius 1 is 1.78 bits per heavy atom. The van der Waals surface area contributed by atoms with Crippen LogP contribution in [0.5, 0.6) is 0 Å². The molecule has 0 aliphatic heterocycles. The summed E-state index contributed by atoms with van der Waals surface area (Å²) < 4.78 is 0. The van der Waals surface area contributed by atoms with Gasteiger partial charge in [-0.05, 0) is 19.6 Å². The average molecular weight is 124 g/mol. The standard InChI is InChI=1S/C7H12N2/c1-3-4-9-6-7(2)5-8/h4,7H,3,6H2,1-2H3/b9-4+. The van der Waals surface area contributed by atoms with E-state index in [0.717, 1.165) is 6.42 Å². The van der Waals surface area contributed by atoms with Crippen LogP contribution in [0.1, 0.15) is 20.3 Å². The van der Waals surface area contributed by atoms with E-state index in [2.05, 4.69) is 11.1 Å². The van der Waals surface area contributed by atoms with Gasteiger partial charge in [0.2, 0.25) is 0 Å². The lowest BCUT2D eigenvalue weighted by Crippen LogP contribution is -1.94. The van der Waals surface area contributed by atoms with Gasteiger partial charge in [-0.1, -0.05) is 6.92 Å². The molecule has 0 saturated carbocycles. The third-order valence-corrected chi connectivity index (χ3v) is 0.911. The predicted molar refractivity (Wildman–Crippen MR) is 38.4 cm³/mol. The van der Waals surface area contributed by atoms with Gasteiger partial charge in [-0.3, -0.25) is 4.99 Å². The summed E-state index contributed by atoms with van der Waals surface area (Å²) in [4.78, 5) is 4.01. The lowest BCUT2D eigenvalue weighted by atomic mass is 10.2. The molecular weight excluding hydrogens is 112 g/mol. The maximum absolute atomic E-state index is 8.31. The molecule has 2 nitrogen and oxygen atoms in total. The van der Waals surface area contributed by atoms with Gasteiger partial charge in [-0.25, -0.2) is 0 Å². The lowest BCUT2D eigenvalue weighted by molar-refractivity contribution is 0.757. The van der Waals surface area contributed by atoms with Gasteiger partial charge in [0.15, 0.2) is 0 Å². The molecule has 0 spiro atoms. The maximum Gasteiger partial charge on any atom is 0.0672 e. The average Bonchev–Trinajstić information content (AvgIpc) is 1.89. The highest BCUT2D eigenvalue weighted by atomic mass is 14.7. The fourth-order valence-electron chi connectivity index (χ4n) is 0.403. The molecule has 1 atom stereocenters. The molecular formula is C7H12N2. The number of nitriles is 1. The minimum absolute atomic E-state index is 0.0628. The van der Waals surface area contributed by atoms with Crippen molar-refractivity contribution in [2.75, 3.05) is 6.54 Å². The topological polar surface area (TPSA) is 36.1 Å². The molecule has 0 N–H and O–H groups in total. The zero-order chi connectivity index (χ0) is 7.11. The van der Waals surface area contributed by atoms with Crippen LogP contribution in [0, 0.1) is 17.2 Å². The second-order valence-corrected chi connectivity index (χ2v) is 1.99. The van der Waals surface area contributed by atoms with Crippen LogP contribution in [0.3, 0.4) is 0 Å². The third kappa shape index (κ3) is 5.02. The highest BCUT2D eigenvalue weighted by molar-refractivity contribution is 5.56. The summed E-state index contributed by atoms with van der Waals surface area (Å²) in [6, 6.07) is 2.11. The molecule has 1 unspecified atom stereocenters. The smallest absolute Gasteiger partial charge is 0.0672 e. The van der Waals surface area contributed by atoms with Crippen LogP contribution in [0.4, 0.5) is 0 Å². The molecule has 50 valence electrons. The van der Waals surface area contributed by atoms with Gasteiger partial charge >= 0.3 is 0 Å². The van der Waals surface area contributed by atoms with Crippen molar-refractivity contribution in [2.45, 2.75) is 20.3 Å². The summed E-state index contributed by atoms with van der Waals surface area (Å²) in [5.41, 5.74) is 0. The molecule has 2 heteroatoms. The van der Waals surface area contributed by atoms with Gasteiger partial charge in [0.05, 0.1) is 18.5 Å². The maximum atomic E-state index is 8.31. The summed E-state index contributed by atoms with van der Waals surface area (Å²) in [5.74, 6) is 0.0628. The Labute approximate surface area is 56.2 Å². The molecule has 0 saturated heterocycles. The van der Waals surface area contributed by atoms with Gasteiger partial charge in [-0.2, -0.15) is 5.26 Å². The second-order valence-electron chi connectivity index (χ2n) is 1.99. The molecule has 0 aromatic carbocycles. The largest absolute Gasteiger partial charge is 0.296 e. The summed E-state index contributed by atoms with van der Waals surface area (Å²) in [6.45, 7) is 4.54. The number of hydrogen-bond acceptors (Lipinski definition) is 2. The molecule has 0 radical (unpaired) electrons. The van der Waals surface area contributed by atoms with Gasteiger partial charge in [0.25, 0.3) is 0 Å². The van der Waals surface area contributed by atoms with E-state index in [1.54, 1.807) is 0 Å². The van der Waals surface area contributed by atoms with Crippen LogP contribution in [-0.4, -0.2) is 12.8 Å². The van der Waals surface area contributed by atoms with Crippen molar-refractivity contribution < 1.29 is 0 Å². The van der Waals surface area contributed by atoms with E-state index >= 15 is 0 Å². The quantitative estimate of drug-likeness (QED) is 0.527. The second kappa shape index (κ2) is 5.30. The predicted octanol–water partition coefficient (Wildman–Crippen LogP) is 1.63. The van der Waals surface area contributed by atoms with Crippen LogP contribution in [0.2, 0.25) is 0 Å². The molecule has 0 aromatic rings. The van der Waals surface area contributed by atoms with E-state index in [0.29, 0.717) is 6.54 Å². The van der Waals surface area contributed by atoms with Gasteiger partial charge in [-0.15, -0.1) is 0 Å². The molecule has 0 amide bonds. The highest BCUT2D eigenvalue weighted by Gasteiger charge is 1.92. The van der Waals surface area contributed by atoms with Crippen molar-refractivity contribution in [3.05, 3.63) is 0 Å². The van der Waals surface area contributed by atoms with Crippen molar-refractivity contribution in [3.8, 4) is 6.07 Å². The molecule has 0 rings (SSSR count). The molecule has 0 aromatic heterocycles. The zero-order valence-electron chi connectivity index (χ0n) is 5.96. The van der Waals surface area contributed by atoms with Crippen LogP contribution in [0.15, 0.2) is 4.99 Å². The monoisotopic (exact) mass is 124 g/mol. The number of aliphatic imine (C=N–C) groups is 1. The summed E-state index contributed by atoms with van der Waals surface area (Å²) in [7, 11) is 0. The Balaban J connectivity index is 3.29. The highest BCUT2D eigenvalue weighted by Crippen LogP contribution is 1.90. The van der Waals surface area contributed by atoms with Crippen molar-refractivity contribution in [1.29, 1.82) is 5.26 Å². The normalized spacial score (nSPS) is 13.4. The Hall–Kier alpha value is -0.840. The van der Waals surface area contributed by atoms with Gasteiger partial charge in [0, 0.05) is 0 Å². The fraction of sp³-hybridized carbons (Fsp3) is 0.714. The number of nitrogens with zero attached hydrogens (tertiary/aromatic N) is 2. The lowest BCUT2D eigenvalue weighted by Gasteiger charge is -1.91. The first kappa shape index (κ1) is 8.16. The van der Waals surface area contributed by atoms with Crippen LogP contribution in [0.25, 0.3) is 0 Å². The SMILES string of the molecule is CC/C=N/CC(C)C#N. The minimum Gasteiger partial charge on any atom is -0.296 e. The van der Waals surface area contributed by atoms with E-state index in [1.165, 1.54) is 0 Å².